The number of hydrogen-bond donors (Lipinski definition) is 1. The molecule has 21 heavy (non-hydrogen) atoms. The summed E-state index contributed by atoms with van der Waals surface area (Å²) < 4.78 is 37.1. The van der Waals surface area contributed by atoms with Gasteiger partial charge in [0.25, 0.3) is 0 Å². The largest absolute Gasteiger partial charge is 0.390 e. The van der Waals surface area contributed by atoms with Crippen LogP contribution in [0.1, 0.15) is 32.8 Å². The van der Waals surface area contributed by atoms with Gasteiger partial charge in [-0.2, -0.15) is 13.2 Å². The van der Waals surface area contributed by atoms with E-state index in [4.69, 9.17) is 11.6 Å². The summed E-state index contributed by atoms with van der Waals surface area (Å²) in [5, 5.41) is 3.87. The van der Waals surface area contributed by atoms with Gasteiger partial charge >= 0.3 is 6.18 Å². The average molecular weight is 323 g/mol. The maximum atomic E-state index is 12.4. The highest BCUT2D eigenvalue weighted by Gasteiger charge is 2.27. The summed E-state index contributed by atoms with van der Waals surface area (Å²) >= 11 is 6.20. The first-order valence-corrected chi connectivity index (χ1v) is 7.18. The van der Waals surface area contributed by atoms with Crippen molar-refractivity contribution in [3.8, 4) is 0 Å². The van der Waals surface area contributed by atoms with Crippen LogP contribution in [0.15, 0.2) is 18.2 Å². The fourth-order valence-corrected chi connectivity index (χ4v) is 2.08. The zero-order valence-corrected chi connectivity index (χ0v) is 13.6. The topological polar surface area (TPSA) is 15.3 Å². The van der Waals surface area contributed by atoms with Gasteiger partial charge in [-0.05, 0) is 32.9 Å². The number of alkyl halides is 3. The van der Waals surface area contributed by atoms with Gasteiger partial charge in [0.1, 0.15) is 0 Å². The van der Waals surface area contributed by atoms with Gasteiger partial charge in [0.05, 0.1) is 6.42 Å². The van der Waals surface area contributed by atoms with Crippen LogP contribution in [0.5, 0.6) is 0 Å². The zero-order chi connectivity index (χ0) is 16.3. The molecule has 1 N–H and O–H groups in total. The quantitative estimate of drug-likeness (QED) is 0.851. The van der Waals surface area contributed by atoms with Gasteiger partial charge in [0.15, 0.2) is 0 Å². The summed E-state index contributed by atoms with van der Waals surface area (Å²) in [6.07, 6.45) is -5.00. The molecule has 0 saturated carbocycles. The normalized spacial score (nSPS) is 12.6. The highest BCUT2D eigenvalue weighted by atomic mass is 35.5. The fourth-order valence-electron chi connectivity index (χ4n) is 1.85. The van der Waals surface area contributed by atoms with Crippen molar-refractivity contribution < 1.29 is 13.2 Å². The predicted octanol–water partition coefficient (Wildman–Crippen LogP) is 4.62. The Morgan fingerprint density at radius 2 is 1.81 bits per heavy atom. The Kier molecular flexibility index (Phi) is 5.93. The monoisotopic (exact) mass is 322 g/mol. The molecule has 2 nitrogen and oxygen atoms in total. The first kappa shape index (κ1) is 18.1. The van der Waals surface area contributed by atoms with Crippen LogP contribution in [0.4, 0.5) is 18.9 Å². The van der Waals surface area contributed by atoms with E-state index in [1.165, 1.54) is 0 Å². The molecule has 0 radical (unpaired) electrons. The lowest BCUT2D eigenvalue weighted by atomic mass is 10.1. The maximum Gasteiger partial charge on any atom is 0.390 e. The summed E-state index contributed by atoms with van der Waals surface area (Å²) in [7, 11) is 1.65. The number of hydrogen-bond acceptors (Lipinski definition) is 2. The van der Waals surface area contributed by atoms with Crippen LogP contribution in [0.25, 0.3) is 0 Å². The van der Waals surface area contributed by atoms with E-state index in [1.54, 1.807) is 30.1 Å². The van der Waals surface area contributed by atoms with Crippen LogP contribution >= 0.6 is 11.6 Å². The van der Waals surface area contributed by atoms with E-state index in [-0.39, 0.29) is 12.1 Å². The van der Waals surface area contributed by atoms with Crippen molar-refractivity contribution >= 4 is 17.3 Å². The molecular formula is C15H22ClF3N2. The molecule has 0 aliphatic rings. The van der Waals surface area contributed by atoms with Gasteiger partial charge in [-0.25, -0.2) is 0 Å². The second-order valence-corrected chi connectivity index (χ2v) is 6.54. The van der Waals surface area contributed by atoms with Crippen LogP contribution in [-0.4, -0.2) is 25.3 Å². The number of nitrogens with zero attached hydrogens (tertiary/aromatic N) is 1. The van der Waals surface area contributed by atoms with E-state index in [9.17, 15) is 13.2 Å². The highest BCUT2D eigenvalue weighted by Crippen LogP contribution is 2.29. The van der Waals surface area contributed by atoms with Crippen LogP contribution in [0.2, 0.25) is 5.02 Å². The molecule has 0 aromatic heterocycles. The number of halogens is 4. The summed E-state index contributed by atoms with van der Waals surface area (Å²) in [5.41, 5.74) is 1.45. The third kappa shape index (κ3) is 6.57. The fraction of sp³-hybridized carbons (Fsp3) is 0.600. The minimum Gasteiger partial charge on any atom is -0.374 e. The number of nitrogens with one attached hydrogen (secondary N) is 1. The van der Waals surface area contributed by atoms with Crippen LogP contribution < -0.4 is 10.2 Å². The van der Waals surface area contributed by atoms with E-state index >= 15 is 0 Å². The molecule has 0 bridgehead atoms. The Morgan fingerprint density at radius 1 is 1.19 bits per heavy atom. The van der Waals surface area contributed by atoms with Crippen molar-refractivity contribution in [3.05, 3.63) is 28.8 Å². The van der Waals surface area contributed by atoms with Gasteiger partial charge < -0.3 is 10.2 Å². The molecule has 0 fully saturated rings. The van der Waals surface area contributed by atoms with Gasteiger partial charge in [0.2, 0.25) is 0 Å². The summed E-state index contributed by atoms with van der Waals surface area (Å²) in [4.78, 5) is 1.60. The highest BCUT2D eigenvalue weighted by molar-refractivity contribution is 6.31. The van der Waals surface area contributed by atoms with Crippen LogP contribution in [0, 0.1) is 0 Å². The zero-order valence-electron chi connectivity index (χ0n) is 12.8. The predicted molar refractivity (Wildman–Crippen MR) is 82.0 cm³/mol. The van der Waals surface area contributed by atoms with Crippen molar-refractivity contribution in [2.24, 2.45) is 0 Å². The second-order valence-electron chi connectivity index (χ2n) is 6.13. The van der Waals surface area contributed by atoms with E-state index in [0.717, 1.165) is 11.3 Å². The van der Waals surface area contributed by atoms with E-state index in [2.05, 4.69) is 5.32 Å². The Labute approximate surface area is 129 Å². The molecule has 0 amide bonds. The molecule has 1 rings (SSSR count). The number of anilines is 1. The average Bonchev–Trinajstić information content (AvgIpc) is 2.32. The van der Waals surface area contributed by atoms with Gasteiger partial charge in [-0.1, -0.05) is 17.7 Å². The molecule has 6 heteroatoms. The smallest absolute Gasteiger partial charge is 0.374 e. The van der Waals surface area contributed by atoms with Gasteiger partial charge in [0, 0.05) is 41.9 Å². The Bertz CT molecular complexity index is 467. The number of benzene rings is 1. The molecule has 0 unspecified atom stereocenters. The van der Waals surface area contributed by atoms with Gasteiger partial charge in [-0.15, -0.1) is 0 Å². The second kappa shape index (κ2) is 6.88. The lowest BCUT2D eigenvalue weighted by molar-refractivity contribution is -0.132. The Hall–Kier alpha value is -0.940. The molecule has 1 aromatic rings. The molecule has 0 atom stereocenters. The molecule has 0 saturated heterocycles. The molecule has 0 heterocycles. The van der Waals surface area contributed by atoms with Gasteiger partial charge in [-0.3, -0.25) is 0 Å². The summed E-state index contributed by atoms with van der Waals surface area (Å²) in [6.45, 7) is 6.49. The lowest BCUT2D eigenvalue weighted by Crippen LogP contribution is -2.35. The molecule has 0 spiro atoms. The third-order valence-electron chi connectivity index (χ3n) is 3.03. The summed E-state index contributed by atoms with van der Waals surface area (Å²) in [6, 6.07) is 5.30. The first-order chi connectivity index (χ1) is 9.49. The van der Waals surface area contributed by atoms with Crippen molar-refractivity contribution in [3.63, 3.8) is 0 Å². The van der Waals surface area contributed by atoms with Crippen molar-refractivity contribution in [2.75, 3.05) is 18.5 Å². The third-order valence-corrected chi connectivity index (χ3v) is 3.39. The van der Waals surface area contributed by atoms with Crippen molar-refractivity contribution in [1.82, 2.24) is 5.32 Å². The van der Waals surface area contributed by atoms with E-state index in [1.807, 2.05) is 20.8 Å². The van der Waals surface area contributed by atoms with Crippen molar-refractivity contribution in [1.29, 1.82) is 0 Å². The SMILES string of the molecule is CN(CCC(F)(F)F)c1cccc(Cl)c1CNC(C)(C)C. The Morgan fingerprint density at radius 3 is 2.33 bits per heavy atom. The van der Waals surface area contributed by atoms with Crippen LogP contribution in [-0.2, 0) is 6.54 Å². The Balaban J connectivity index is 2.88. The lowest BCUT2D eigenvalue weighted by Gasteiger charge is -2.26. The molecular weight excluding hydrogens is 301 g/mol. The van der Waals surface area contributed by atoms with Crippen molar-refractivity contribution in [2.45, 2.75) is 45.5 Å². The molecule has 120 valence electrons. The molecule has 1 aromatic carbocycles. The first-order valence-electron chi connectivity index (χ1n) is 6.80. The summed E-state index contributed by atoms with van der Waals surface area (Å²) in [5.74, 6) is 0. The van der Waals surface area contributed by atoms with E-state index < -0.39 is 12.6 Å². The maximum absolute atomic E-state index is 12.4. The molecule has 0 aliphatic heterocycles. The number of rotatable bonds is 5. The molecule has 0 aliphatic carbocycles. The minimum absolute atomic E-state index is 0.0909. The minimum atomic E-state index is -4.16. The van der Waals surface area contributed by atoms with E-state index in [0.29, 0.717) is 11.6 Å². The van der Waals surface area contributed by atoms with Crippen LogP contribution in [0.3, 0.4) is 0 Å². The standard InChI is InChI=1S/C15H22ClF3N2/c1-14(2,3)20-10-11-12(16)6-5-7-13(11)21(4)9-8-15(17,18)19/h5-7,20H,8-10H2,1-4H3.